The Balaban J connectivity index is 1.13. The molecule has 3 heterocycles. The Hall–Kier alpha value is -3.84. The van der Waals surface area contributed by atoms with Crippen molar-refractivity contribution in [1.82, 2.24) is 34.7 Å². The predicted molar refractivity (Wildman–Crippen MR) is 143 cm³/mol. The number of imidazole rings is 1. The molecule has 1 atom stereocenters. The summed E-state index contributed by atoms with van der Waals surface area (Å²) in [6.07, 6.45) is 4.75. The molecule has 1 saturated heterocycles. The maximum atomic E-state index is 12.7. The first-order valence-electron chi connectivity index (χ1n) is 11.9. The lowest BCUT2D eigenvalue weighted by Gasteiger charge is -2.30. The fraction of sp³-hybridized carbons (Fsp3) is 0.280. The van der Waals surface area contributed by atoms with Gasteiger partial charge >= 0.3 is 12.1 Å². The monoisotopic (exact) mass is 551 g/mol. The molecule has 2 aromatic carbocycles. The minimum Gasteiger partial charge on any atom is -0.478 e. The molecule has 5 rings (SSSR count). The number of thioether (sulfide) groups is 1. The number of carboxylic acids is 1. The van der Waals surface area contributed by atoms with Gasteiger partial charge in [-0.3, -0.25) is 0 Å². The number of ether oxygens (including phenoxy) is 1. The second-order valence-corrected chi connectivity index (χ2v) is 10.5. The minimum atomic E-state index is -0.989. The molecule has 2 aromatic heterocycles. The van der Waals surface area contributed by atoms with Crippen LogP contribution in [0, 0.1) is 0 Å². The quantitative estimate of drug-likeness (QED) is 0.329. The summed E-state index contributed by atoms with van der Waals surface area (Å²) in [5, 5.41) is 21.7. The van der Waals surface area contributed by atoms with Crippen molar-refractivity contribution < 1.29 is 19.4 Å². The second-order valence-electron chi connectivity index (χ2n) is 8.77. The summed E-state index contributed by atoms with van der Waals surface area (Å²) in [5.41, 5.74) is 1.83. The number of hydrogen-bond donors (Lipinski definition) is 2. The molecule has 0 bridgehead atoms. The fourth-order valence-corrected chi connectivity index (χ4v) is 5.63. The van der Waals surface area contributed by atoms with E-state index in [1.165, 1.54) is 12.1 Å². The van der Waals surface area contributed by atoms with Crippen LogP contribution in [-0.2, 0) is 7.05 Å². The summed E-state index contributed by atoms with van der Waals surface area (Å²) in [6, 6.07) is 13.7. The number of nitrogens with zero attached hydrogens (tertiary/aromatic N) is 7. The highest BCUT2D eigenvalue weighted by Crippen LogP contribution is 2.31. The van der Waals surface area contributed by atoms with Crippen LogP contribution in [0.3, 0.4) is 0 Å². The molecule has 1 amide bonds. The highest BCUT2D eigenvalue weighted by Gasteiger charge is 2.26. The molecule has 1 aliphatic rings. The van der Waals surface area contributed by atoms with Gasteiger partial charge in [0.05, 0.1) is 16.5 Å². The standard InChI is InChI=1S/C25H25N7O4S2/c1-30-15-12-26-22(30)21(37)16-4-8-19(9-5-16)36-25(35)31-13-10-20(11-14-31)38-24-27-28-29-32(24)18-6-2-17(3-7-18)23(33)34/h2-9,12,15,20-21,37H,10-11,13-14H2,1H3,(H,33,34). The molecule has 0 spiro atoms. The van der Waals surface area contributed by atoms with Gasteiger partial charge in [0.2, 0.25) is 5.16 Å². The lowest BCUT2D eigenvalue weighted by atomic mass is 10.1. The van der Waals surface area contributed by atoms with Crippen molar-refractivity contribution in [3.05, 3.63) is 77.9 Å². The van der Waals surface area contributed by atoms with Crippen molar-refractivity contribution in [3.8, 4) is 11.4 Å². The van der Waals surface area contributed by atoms with E-state index in [-0.39, 0.29) is 22.2 Å². The lowest BCUT2D eigenvalue weighted by molar-refractivity contribution is 0.0696. The summed E-state index contributed by atoms with van der Waals surface area (Å²) in [7, 11) is 1.92. The molecule has 0 aliphatic carbocycles. The molecule has 1 unspecified atom stereocenters. The third-order valence-electron chi connectivity index (χ3n) is 6.28. The number of likely N-dealkylation sites (tertiary alicyclic amines) is 1. The molecule has 38 heavy (non-hydrogen) atoms. The minimum absolute atomic E-state index is 0.179. The van der Waals surface area contributed by atoms with Gasteiger partial charge < -0.3 is 19.3 Å². The van der Waals surface area contributed by atoms with Gasteiger partial charge in [0, 0.05) is 37.8 Å². The van der Waals surface area contributed by atoms with E-state index in [9.17, 15) is 9.59 Å². The third kappa shape index (κ3) is 5.68. The predicted octanol–water partition coefficient (Wildman–Crippen LogP) is 3.87. The van der Waals surface area contributed by atoms with Crippen LogP contribution in [-0.4, -0.2) is 70.2 Å². The van der Waals surface area contributed by atoms with Crippen molar-refractivity contribution in [3.63, 3.8) is 0 Å². The van der Waals surface area contributed by atoms with Gasteiger partial charge in [-0.15, -0.1) is 5.10 Å². The van der Waals surface area contributed by atoms with E-state index >= 15 is 0 Å². The van der Waals surface area contributed by atoms with Crippen LogP contribution in [0.4, 0.5) is 4.79 Å². The zero-order chi connectivity index (χ0) is 26.6. The number of carbonyl (C=O) groups is 2. The Kier molecular flexibility index (Phi) is 7.65. The zero-order valence-electron chi connectivity index (χ0n) is 20.4. The van der Waals surface area contributed by atoms with Crippen LogP contribution in [0.2, 0.25) is 0 Å². The van der Waals surface area contributed by atoms with Gasteiger partial charge in [0.15, 0.2) is 0 Å². The number of aromatic nitrogens is 6. The van der Waals surface area contributed by atoms with Crippen molar-refractivity contribution in [2.24, 2.45) is 7.05 Å². The summed E-state index contributed by atoms with van der Waals surface area (Å²) >= 11 is 6.22. The van der Waals surface area contributed by atoms with E-state index in [2.05, 4.69) is 33.1 Å². The number of carboxylic acid groups (broad SMARTS) is 1. The van der Waals surface area contributed by atoms with E-state index in [1.54, 1.807) is 51.8 Å². The SMILES string of the molecule is Cn1ccnc1C(S)c1ccc(OC(=O)N2CCC(Sc3nnnn3-c3ccc(C(=O)O)cc3)CC2)cc1. The molecular weight excluding hydrogens is 526 g/mol. The Morgan fingerprint density at radius 1 is 1.11 bits per heavy atom. The number of aryl methyl sites for hydroxylation is 1. The van der Waals surface area contributed by atoms with E-state index in [4.69, 9.17) is 9.84 Å². The van der Waals surface area contributed by atoms with Gasteiger partial charge in [-0.05, 0) is 65.2 Å². The van der Waals surface area contributed by atoms with Gasteiger partial charge in [-0.25, -0.2) is 14.6 Å². The Morgan fingerprint density at radius 3 is 2.45 bits per heavy atom. The average molecular weight is 552 g/mol. The topological polar surface area (TPSA) is 128 Å². The normalized spacial score (nSPS) is 14.8. The maximum Gasteiger partial charge on any atom is 0.415 e. The Labute approximate surface area is 228 Å². The third-order valence-corrected chi connectivity index (χ3v) is 8.08. The van der Waals surface area contributed by atoms with Crippen LogP contribution >= 0.6 is 24.4 Å². The summed E-state index contributed by atoms with van der Waals surface area (Å²) in [5.74, 6) is 0.324. The highest BCUT2D eigenvalue weighted by molar-refractivity contribution is 7.99. The van der Waals surface area contributed by atoms with Gasteiger partial charge in [0.25, 0.3) is 0 Å². The fourth-order valence-electron chi connectivity index (χ4n) is 4.14. The number of amides is 1. The largest absolute Gasteiger partial charge is 0.478 e. The summed E-state index contributed by atoms with van der Waals surface area (Å²) < 4.78 is 9.11. The number of thiol groups is 1. The smallest absolute Gasteiger partial charge is 0.415 e. The van der Waals surface area contributed by atoms with E-state index in [1.807, 2.05) is 29.9 Å². The molecule has 196 valence electrons. The van der Waals surface area contributed by atoms with E-state index < -0.39 is 5.97 Å². The first-order valence-corrected chi connectivity index (χ1v) is 13.3. The lowest BCUT2D eigenvalue weighted by Crippen LogP contribution is -2.41. The van der Waals surface area contributed by atoms with Crippen molar-refractivity contribution in [2.75, 3.05) is 13.1 Å². The van der Waals surface area contributed by atoms with Crippen LogP contribution in [0.15, 0.2) is 66.1 Å². The van der Waals surface area contributed by atoms with Crippen LogP contribution in [0.25, 0.3) is 5.69 Å². The number of hydrogen-bond acceptors (Lipinski definition) is 9. The first kappa shape index (κ1) is 25.8. The van der Waals surface area contributed by atoms with Crippen molar-refractivity contribution in [2.45, 2.75) is 28.5 Å². The number of aromatic carboxylic acids is 1. The molecule has 1 fully saturated rings. The van der Waals surface area contributed by atoms with Crippen molar-refractivity contribution >= 4 is 36.5 Å². The van der Waals surface area contributed by atoms with Gasteiger partial charge in [-0.1, -0.05) is 23.9 Å². The average Bonchev–Trinajstić information content (AvgIpc) is 3.58. The molecule has 11 nitrogen and oxygen atoms in total. The van der Waals surface area contributed by atoms with E-state index in [0.717, 1.165) is 24.2 Å². The molecule has 1 aliphatic heterocycles. The van der Waals surface area contributed by atoms with Crippen LogP contribution < -0.4 is 4.74 Å². The van der Waals surface area contributed by atoms with Crippen LogP contribution in [0.1, 0.15) is 39.8 Å². The number of rotatable bonds is 7. The first-order chi connectivity index (χ1) is 18.4. The highest BCUT2D eigenvalue weighted by atomic mass is 32.2. The molecule has 1 N–H and O–H groups in total. The Bertz CT molecular complexity index is 1410. The van der Waals surface area contributed by atoms with E-state index in [0.29, 0.717) is 29.7 Å². The number of tetrazole rings is 1. The molecule has 13 heteroatoms. The number of carbonyl (C=O) groups excluding carboxylic acids is 1. The molecule has 0 radical (unpaired) electrons. The molecule has 4 aromatic rings. The van der Waals surface area contributed by atoms with Crippen LogP contribution in [0.5, 0.6) is 5.75 Å². The summed E-state index contributed by atoms with van der Waals surface area (Å²) in [4.78, 5) is 29.9. The van der Waals surface area contributed by atoms with Crippen molar-refractivity contribution in [1.29, 1.82) is 0 Å². The summed E-state index contributed by atoms with van der Waals surface area (Å²) in [6.45, 7) is 1.11. The molecular formula is C25H25N7O4S2. The second kappa shape index (κ2) is 11.3. The molecule has 0 saturated carbocycles. The number of piperidine rings is 1. The van der Waals surface area contributed by atoms with Gasteiger partial charge in [-0.2, -0.15) is 17.3 Å². The number of benzene rings is 2. The maximum absolute atomic E-state index is 12.7. The zero-order valence-corrected chi connectivity index (χ0v) is 22.1. The Morgan fingerprint density at radius 2 is 1.82 bits per heavy atom. The van der Waals surface area contributed by atoms with Gasteiger partial charge in [0.1, 0.15) is 11.6 Å².